The van der Waals surface area contributed by atoms with E-state index in [1.165, 1.54) is 12.1 Å². The molecule has 0 aliphatic heterocycles. The van der Waals surface area contributed by atoms with Crippen LogP contribution in [0.2, 0.25) is 0 Å². The highest BCUT2D eigenvalue weighted by Crippen LogP contribution is 2.35. The number of nitrogens with zero attached hydrogens (tertiary/aromatic N) is 1. The maximum Gasteiger partial charge on any atom is 0.417 e. The van der Waals surface area contributed by atoms with Crippen molar-refractivity contribution in [1.82, 2.24) is 3.96 Å². The molecule has 1 N–H and O–H groups in total. The number of anilines is 1. The summed E-state index contributed by atoms with van der Waals surface area (Å²) in [5.74, 6) is -0.483. The van der Waals surface area contributed by atoms with Crippen LogP contribution in [0.1, 0.15) is 5.56 Å². The number of carbonyl (C=O) groups excluding carboxylic acids is 1. The van der Waals surface area contributed by atoms with Crippen LogP contribution in [0.15, 0.2) is 53.3 Å². The maximum atomic E-state index is 13.0. The van der Waals surface area contributed by atoms with Crippen LogP contribution in [0.4, 0.5) is 18.9 Å². The summed E-state index contributed by atoms with van der Waals surface area (Å²) in [4.78, 5) is 24.2. The van der Waals surface area contributed by atoms with Gasteiger partial charge in [0.15, 0.2) is 0 Å². The van der Waals surface area contributed by atoms with Crippen molar-refractivity contribution >= 4 is 33.2 Å². The standard InChI is InChI=1S/C16H11F3N2O2S/c17-16(18,19)12-8-4-7-11-14(12)24-21(15(11)23)9-13(22)20-10-5-2-1-3-6-10/h1-8H,9H2,(H,20,22). The molecule has 0 spiro atoms. The van der Waals surface area contributed by atoms with Crippen molar-refractivity contribution in [2.45, 2.75) is 12.7 Å². The van der Waals surface area contributed by atoms with E-state index in [0.29, 0.717) is 17.2 Å². The van der Waals surface area contributed by atoms with Gasteiger partial charge in [0.2, 0.25) is 5.91 Å². The molecule has 4 nitrogen and oxygen atoms in total. The van der Waals surface area contributed by atoms with Crippen LogP contribution in [0, 0.1) is 0 Å². The molecule has 0 saturated carbocycles. The fourth-order valence-electron chi connectivity index (χ4n) is 2.27. The van der Waals surface area contributed by atoms with Gasteiger partial charge in [-0.3, -0.25) is 13.5 Å². The first kappa shape index (κ1) is 16.3. The van der Waals surface area contributed by atoms with Crippen LogP contribution in [0.3, 0.4) is 0 Å². The number of hydrogen-bond acceptors (Lipinski definition) is 3. The van der Waals surface area contributed by atoms with Crippen molar-refractivity contribution in [2.24, 2.45) is 0 Å². The molecule has 3 rings (SSSR count). The Balaban J connectivity index is 1.92. The highest BCUT2D eigenvalue weighted by atomic mass is 32.1. The second-order valence-corrected chi connectivity index (χ2v) is 6.06. The zero-order valence-electron chi connectivity index (χ0n) is 12.1. The zero-order valence-corrected chi connectivity index (χ0v) is 12.9. The Kier molecular flexibility index (Phi) is 4.15. The first-order chi connectivity index (χ1) is 11.4. The number of benzene rings is 2. The van der Waals surface area contributed by atoms with Gasteiger partial charge in [0.1, 0.15) is 6.54 Å². The zero-order chi connectivity index (χ0) is 17.3. The van der Waals surface area contributed by atoms with Crippen LogP contribution in [0.5, 0.6) is 0 Å². The van der Waals surface area contributed by atoms with Gasteiger partial charge in [-0.15, -0.1) is 0 Å². The quantitative estimate of drug-likeness (QED) is 0.781. The number of carbonyl (C=O) groups is 1. The van der Waals surface area contributed by atoms with Gasteiger partial charge in [0, 0.05) is 5.69 Å². The van der Waals surface area contributed by atoms with E-state index in [9.17, 15) is 22.8 Å². The minimum atomic E-state index is -4.55. The molecule has 0 radical (unpaired) electrons. The fraction of sp³-hybridized carbons (Fsp3) is 0.125. The second-order valence-electron chi connectivity index (χ2n) is 5.03. The van der Waals surface area contributed by atoms with Crippen LogP contribution in [0.25, 0.3) is 10.1 Å². The Hall–Kier alpha value is -2.61. The van der Waals surface area contributed by atoms with Crippen molar-refractivity contribution in [3.05, 3.63) is 64.4 Å². The molecule has 24 heavy (non-hydrogen) atoms. The normalized spacial score (nSPS) is 11.6. The number of aromatic nitrogens is 1. The Morgan fingerprint density at radius 2 is 1.79 bits per heavy atom. The number of nitrogens with one attached hydrogen (secondary N) is 1. The van der Waals surface area contributed by atoms with Gasteiger partial charge >= 0.3 is 6.18 Å². The summed E-state index contributed by atoms with van der Waals surface area (Å²) >= 11 is 0.640. The third kappa shape index (κ3) is 3.18. The molecule has 124 valence electrons. The summed E-state index contributed by atoms with van der Waals surface area (Å²) in [5, 5.41) is 2.55. The minimum absolute atomic E-state index is 0.0395. The van der Waals surface area contributed by atoms with Crippen LogP contribution >= 0.6 is 11.5 Å². The number of para-hydroxylation sites is 1. The predicted molar refractivity (Wildman–Crippen MR) is 86.2 cm³/mol. The van der Waals surface area contributed by atoms with E-state index >= 15 is 0 Å². The lowest BCUT2D eigenvalue weighted by Crippen LogP contribution is -2.23. The molecular weight excluding hydrogens is 341 g/mol. The third-order valence-corrected chi connectivity index (χ3v) is 4.46. The van der Waals surface area contributed by atoms with Gasteiger partial charge in [-0.2, -0.15) is 13.2 Å². The predicted octanol–water partition coefficient (Wildman–Crippen LogP) is 3.72. The van der Waals surface area contributed by atoms with E-state index < -0.39 is 23.2 Å². The average molecular weight is 352 g/mol. The van der Waals surface area contributed by atoms with Crippen molar-refractivity contribution < 1.29 is 18.0 Å². The summed E-state index contributed by atoms with van der Waals surface area (Å²) < 4.78 is 39.9. The van der Waals surface area contributed by atoms with Gasteiger partial charge in [0.25, 0.3) is 5.56 Å². The van der Waals surface area contributed by atoms with Crippen molar-refractivity contribution in [3.8, 4) is 0 Å². The SMILES string of the molecule is O=C(Cn1sc2c(C(F)(F)F)cccc2c1=O)Nc1ccccc1. The second kappa shape index (κ2) is 6.12. The summed E-state index contributed by atoms with van der Waals surface area (Å²) in [5.41, 5.74) is -0.929. The van der Waals surface area contributed by atoms with E-state index in [4.69, 9.17) is 0 Å². The molecule has 1 amide bonds. The molecule has 0 atom stereocenters. The van der Waals surface area contributed by atoms with Crippen molar-refractivity contribution in [3.63, 3.8) is 0 Å². The molecule has 0 saturated heterocycles. The molecule has 1 aromatic heterocycles. The molecule has 0 aliphatic carbocycles. The van der Waals surface area contributed by atoms with Gasteiger partial charge < -0.3 is 5.32 Å². The van der Waals surface area contributed by atoms with Crippen molar-refractivity contribution in [2.75, 3.05) is 5.32 Å². The number of halogens is 3. The van der Waals surface area contributed by atoms with E-state index in [1.54, 1.807) is 30.3 Å². The van der Waals surface area contributed by atoms with Crippen LogP contribution < -0.4 is 10.9 Å². The highest BCUT2D eigenvalue weighted by molar-refractivity contribution is 7.14. The van der Waals surface area contributed by atoms with Gasteiger partial charge in [-0.1, -0.05) is 35.8 Å². The summed E-state index contributed by atoms with van der Waals surface area (Å²) in [6.45, 7) is -0.343. The van der Waals surface area contributed by atoms with E-state index in [0.717, 1.165) is 10.0 Å². The van der Waals surface area contributed by atoms with Gasteiger partial charge in [-0.05, 0) is 24.3 Å². The number of amides is 1. The molecule has 2 aromatic carbocycles. The van der Waals surface area contributed by atoms with Crippen molar-refractivity contribution in [1.29, 1.82) is 0 Å². The summed E-state index contributed by atoms with van der Waals surface area (Å²) in [6, 6.07) is 12.0. The van der Waals surface area contributed by atoms with E-state index in [2.05, 4.69) is 5.32 Å². The van der Waals surface area contributed by atoms with Crippen LogP contribution in [-0.2, 0) is 17.5 Å². The monoisotopic (exact) mass is 352 g/mol. The molecule has 1 heterocycles. The number of alkyl halides is 3. The fourth-order valence-corrected chi connectivity index (χ4v) is 3.39. The lowest BCUT2D eigenvalue weighted by Gasteiger charge is -2.06. The molecule has 8 heteroatoms. The molecular formula is C16H11F3N2O2S. The molecule has 0 aliphatic rings. The number of rotatable bonds is 3. The van der Waals surface area contributed by atoms with E-state index in [1.807, 2.05) is 0 Å². The minimum Gasteiger partial charge on any atom is -0.325 e. The molecule has 0 bridgehead atoms. The molecule has 0 unspecified atom stereocenters. The van der Waals surface area contributed by atoms with Crippen LogP contribution in [-0.4, -0.2) is 9.86 Å². The number of hydrogen-bond donors (Lipinski definition) is 1. The lowest BCUT2D eigenvalue weighted by atomic mass is 10.1. The molecule has 0 fully saturated rings. The van der Waals surface area contributed by atoms with Gasteiger partial charge in [0.05, 0.1) is 15.6 Å². The topological polar surface area (TPSA) is 51.1 Å². The Morgan fingerprint density at radius 3 is 2.46 bits per heavy atom. The first-order valence-electron chi connectivity index (χ1n) is 6.91. The number of fused-ring (bicyclic) bond motifs is 1. The van der Waals surface area contributed by atoms with E-state index in [-0.39, 0.29) is 16.6 Å². The Labute approximate surface area is 138 Å². The molecule has 3 aromatic rings. The maximum absolute atomic E-state index is 13.0. The lowest BCUT2D eigenvalue weighted by molar-refractivity contribution is -0.136. The third-order valence-electron chi connectivity index (χ3n) is 3.32. The average Bonchev–Trinajstić information content (AvgIpc) is 2.83. The Morgan fingerprint density at radius 1 is 1.08 bits per heavy atom. The smallest absolute Gasteiger partial charge is 0.325 e. The highest BCUT2D eigenvalue weighted by Gasteiger charge is 2.34. The Bertz CT molecular complexity index is 945. The summed E-state index contributed by atoms with van der Waals surface area (Å²) in [7, 11) is 0. The summed E-state index contributed by atoms with van der Waals surface area (Å²) in [6.07, 6.45) is -4.55. The van der Waals surface area contributed by atoms with Gasteiger partial charge in [-0.25, -0.2) is 0 Å². The first-order valence-corrected chi connectivity index (χ1v) is 7.68. The largest absolute Gasteiger partial charge is 0.417 e.